The number of rotatable bonds is 2. The van der Waals surface area contributed by atoms with Gasteiger partial charge in [-0.25, -0.2) is 0 Å². The number of likely N-dealkylation sites (tertiary alicyclic amines) is 1. The maximum absolute atomic E-state index is 12.6. The summed E-state index contributed by atoms with van der Waals surface area (Å²) in [6, 6.07) is 6.08. The van der Waals surface area contributed by atoms with Gasteiger partial charge in [0, 0.05) is 24.3 Å². The number of fused-ring (bicyclic) bond motifs is 1. The number of nitrogens with two attached hydrogens (primary N) is 1. The predicted octanol–water partition coefficient (Wildman–Crippen LogP) is 3.41. The number of amides is 1. The van der Waals surface area contributed by atoms with E-state index in [1.54, 1.807) is 0 Å². The highest BCUT2D eigenvalue weighted by Crippen LogP contribution is 2.61. The Balaban J connectivity index is 1.59. The fraction of sp³-hybridized carbons (Fsp3) is 0.611. The molecule has 2 aliphatic carbocycles. The lowest BCUT2D eigenvalue weighted by Crippen LogP contribution is -2.27. The fourth-order valence-electron chi connectivity index (χ4n) is 4.58. The average Bonchev–Trinajstić information content (AvgIpc) is 2.96. The molecule has 3 fully saturated rings. The summed E-state index contributed by atoms with van der Waals surface area (Å²) < 4.78 is 0. The van der Waals surface area contributed by atoms with Crippen molar-refractivity contribution in [1.29, 1.82) is 0 Å². The third-order valence-electron chi connectivity index (χ3n) is 5.66. The summed E-state index contributed by atoms with van der Waals surface area (Å²) in [6.45, 7) is 1.80. The number of nitrogens with zero attached hydrogens (tertiary/aromatic N) is 1. The molecule has 1 unspecified atom stereocenters. The Hall–Kier alpha value is -1.51. The van der Waals surface area contributed by atoms with Gasteiger partial charge in [-0.2, -0.15) is 0 Å². The number of carbonyl (C=O) groups is 1. The molecular formula is C18H24N2O. The van der Waals surface area contributed by atoms with Gasteiger partial charge in [0.15, 0.2) is 0 Å². The van der Waals surface area contributed by atoms with Gasteiger partial charge in [-0.05, 0) is 67.2 Å². The molecule has 3 aliphatic rings. The van der Waals surface area contributed by atoms with Gasteiger partial charge in [0.05, 0.1) is 0 Å². The van der Waals surface area contributed by atoms with Crippen LogP contribution in [-0.4, -0.2) is 23.9 Å². The molecule has 3 nitrogen and oxygen atoms in total. The molecule has 1 aromatic carbocycles. The maximum atomic E-state index is 12.6. The average molecular weight is 284 g/mol. The van der Waals surface area contributed by atoms with Crippen molar-refractivity contribution in [3.05, 3.63) is 29.3 Å². The van der Waals surface area contributed by atoms with Gasteiger partial charge in [0.2, 0.25) is 0 Å². The number of nitrogen functional groups attached to an aromatic ring is 1. The van der Waals surface area contributed by atoms with E-state index in [1.165, 1.54) is 31.2 Å². The van der Waals surface area contributed by atoms with Gasteiger partial charge >= 0.3 is 0 Å². The van der Waals surface area contributed by atoms with Crippen LogP contribution in [-0.2, 0) is 0 Å². The van der Waals surface area contributed by atoms with E-state index in [9.17, 15) is 4.79 Å². The molecule has 1 heterocycles. The van der Waals surface area contributed by atoms with E-state index in [2.05, 4.69) is 12.1 Å². The normalized spacial score (nSPS) is 31.0. The van der Waals surface area contributed by atoms with E-state index in [0.717, 1.165) is 49.0 Å². The van der Waals surface area contributed by atoms with Crippen molar-refractivity contribution in [2.45, 2.75) is 44.4 Å². The third-order valence-corrected chi connectivity index (χ3v) is 5.66. The highest BCUT2D eigenvalue weighted by atomic mass is 16.2. The molecule has 112 valence electrons. The summed E-state index contributed by atoms with van der Waals surface area (Å²) in [5, 5.41) is 0. The number of benzene rings is 1. The molecule has 1 amide bonds. The van der Waals surface area contributed by atoms with E-state index in [0.29, 0.717) is 5.92 Å². The molecular weight excluding hydrogens is 260 g/mol. The van der Waals surface area contributed by atoms with Crippen molar-refractivity contribution in [1.82, 2.24) is 4.90 Å². The van der Waals surface area contributed by atoms with Crippen LogP contribution >= 0.6 is 0 Å². The number of anilines is 1. The Bertz CT molecular complexity index is 550. The van der Waals surface area contributed by atoms with Gasteiger partial charge in [-0.1, -0.05) is 12.8 Å². The monoisotopic (exact) mass is 284 g/mol. The zero-order valence-corrected chi connectivity index (χ0v) is 12.6. The van der Waals surface area contributed by atoms with Crippen LogP contribution in [0.1, 0.15) is 60.4 Å². The zero-order chi connectivity index (χ0) is 14.4. The second kappa shape index (κ2) is 5.04. The Kier molecular flexibility index (Phi) is 3.16. The van der Waals surface area contributed by atoms with Crippen molar-refractivity contribution < 1.29 is 4.79 Å². The topological polar surface area (TPSA) is 46.3 Å². The maximum Gasteiger partial charge on any atom is 0.253 e. The summed E-state index contributed by atoms with van der Waals surface area (Å²) in [6.07, 6.45) is 7.74. The van der Waals surface area contributed by atoms with Crippen LogP contribution < -0.4 is 5.73 Å². The summed E-state index contributed by atoms with van der Waals surface area (Å²) in [7, 11) is 0. The fourth-order valence-corrected chi connectivity index (χ4v) is 4.58. The zero-order valence-electron chi connectivity index (χ0n) is 12.6. The van der Waals surface area contributed by atoms with E-state index in [1.807, 2.05) is 11.0 Å². The van der Waals surface area contributed by atoms with Crippen molar-refractivity contribution in [3.63, 3.8) is 0 Å². The van der Waals surface area contributed by atoms with Crippen molar-refractivity contribution in [2.75, 3.05) is 18.8 Å². The third kappa shape index (κ3) is 2.33. The van der Waals surface area contributed by atoms with E-state index < -0.39 is 0 Å². The van der Waals surface area contributed by atoms with Crippen molar-refractivity contribution in [2.24, 2.45) is 11.8 Å². The van der Waals surface area contributed by atoms with Crippen LogP contribution in [0, 0.1) is 11.8 Å². The molecule has 1 saturated heterocycles. The number of carbonyl (C=O) groups excluding carboxylic acids is 1. The van der Waals surface area contributed by atoms with Crippen LogP contribution in [0.5, 0.6) is 0 Å². The van der Waals surface area contributed by atoms with Gasteiger partial charge < -0.3 is 10.6 Å². The second-order valence-electron chi connectivity index (χ2n) is 7.03. The molecule has 0 radical (unpaired) electrons. The smallest absolute Gasteiger partial charge is 0.253 e. The quantitative estimate of drug-likeness (QED) is 0.846. The minimum absolute atomic E-state index is 0.171. The molecule has 1 aromatic rings. The first-order chi connectivity index (χ1) is 10.2. The molecule has 3 heteroatoms. The molecule has 4 rings (SSSR count). The summed E-state index contributed by atoms with van der Waals surface area (Å²) in [5.74, 6) is 2.55. The first kappa shape index (κ1) is 13.2. The van der Waals surface area contributed by atoms with Crippen molar-refractivity contribution >= 4 is 11.6 Å². The Morgan fingerprint density at radius 3 is 2.33 bits per heavy atom. The minimum atomic E-state index is 0.171. The first-order valence-corrected chi connectivity index (χ1v) is 8.44. The molecule has 3 atom stereocenters. The lowest BCUT2D eigenvalue weighted by molar-refractivity contribution is 0.0793. The molecule has 1 aliphatic heterocycles. The summed E-state index contributed by atoms with van der Waals surface area (Å²) in [4.78, 5) is 14.5. The van der Waals surface area contributed by atoms with Crippen LogP contribution in [0.4, 0.5) is 5.69 Å². The largest absolute Gasteiger partial charge is 0.399 e. The SMILES string of the molecule is Nc1cc(C(=O)N2CCCC2)cc(C2[C@H]3CCCC[C@@H]23)c1. The minimum Gasteiger partial charge on any atom is -0.399 e. The Morgan fingerprint density at radius 1 is 1.00 bits per heavy atom. The first-order valence-electron chi connectivity index (χ1n) is 8.44. The summed E-state index contributed by atoms with van der Waals surface area (Å²) in [5.41, 5.74) is 8.94. The van der Waals surface area contributed by atoms with Crippen LogP contribution in [0.25, 0.3) is 0 Å². The lowest BCUT2D eigenvalue weighted by atomic mass is 10.0. The Labute approximate surface area is 126 Å². The molecule has 0 spiro atoms. The molecule has 21 heavy (non-hydrogen) atoms. The van der Waals surface area contributed by atoms with Crippen LogP contribution in [0.3, 0.4) is 0 Å². The lowest BCUT2D eigenvalue weighted by Gasteiger charge is -2.16. The van der Waals surface area contributed by atoms with Gasteiger partial charge in [-0.15, -0.1) is 0 Å². The molecule has 2 N–H and O–H groups in total. The standard InChI is InChI=1S/C18H24N2O/c19-14-10-12(17-15-5-1-2-6-16(15)17)9-13(11-14)18(21)20-7-3-4-8-20/h9-11,15-17H,1-8,19H2/t15-,16+,17?. The molecule has 2 saturated carbocycles. The number of hydrogen-bond donors (Lipinski definition) is 1. The second-order valence-corrected chi connectivity index (χ2v) is 7.03. The highest BCUT2D eigenvalue weighted by molar-refractivity contribution is 5.95. The Morgan fingerprint density at radius 2 is 1.67 bits per heavy atom. The molecule has 0 bridgehead atoms. The van der Waals surface area contributed by atoms with Crippen LogP contribution in [0.2, 0.25) is 0 Å². The highest BCUT2D eigenvalue weighted by Gasteiger charge is 2.51. The molecule has 0 aromatic heterocycles. The van der Waals surface area contributed by atoms with E-state index >= 15 is 0 Å². The van der Waals surface area contributed by atoms with Gasteiger partial charge in [0.1, 0.15) is 0 Å². The van der Waals surface area contributed by atoms with E-state index in [-0.39, 0.29) is 5.91 Å². The van der Waals surface area contributed by atoms with Crippen LogP contribution in [0.15, 0.2) is 18.2 Å². The summed E-state index contributed by atoms with van der Waals surface area (Å²) >= 11 is 0. The van der Waals surface area contributed by atoms with Gasteiger partial charge in [-0.3, -0.25) is 4.79 Å². The van der Waals surface area contributed by atoms with E-state index in [4.69, 9.17) is 5.73 Å². The van der Waals surface area contributed by atoms with Gasteiger partial charge in [0.25, 0.3) is 5.91 Å². The number of hydrogen-bond acceptors (Lipinski definition) is 2. The van der Waals surface area contributed by atoms with Crippen molar-refractivity contribution in [3.8, 4) is 0 Å². The predicted molar refractivity (Wildman–Crippen MR) is 84.2 cm³/mol.